The van der Waals surface area contributed by atoms with Crippen molar-refractivity contribution in [3.8, 4) is 5.75 Å². The highest BCUT2D eigenvalue weighted by atomic mass is 32.1. The van der Waals surface area contributed by atoms with Gasteiger partial charge in [0.2, 0.25) is 5.91 Å². The minimum Gasteiger partial charge on any atom is -0.494 e. The van der Waals surface area contributed by atoms with Gasteiger partial charge in [0.15, 0.2) is 0 Å². The molecule has 3 rings (SSSR count). The number of hydrogen-bond acceptors (Lipinski definition) is 7. The van der Waals surface area contributed by atoms with Crippen LogP contribution < -0.4 is 24.8 Å². The molecule has 0 saturated carbocycles. The molecule has 8 nitrogen and oxygen atoms in total. The maximum atomic E-state index is 13.0. The Morgan fingerprint density at radius 1 is 1.25 bits per heavy atom. The Labute approximate surface area is 190 Å². The number of thiazole rings is 1. The zero-order chi connectivity index (χ0) is 22.9. The van der Waals surface area contributed by atoms with E-state index in [0.29, 0.717) is 29.0 Å². The minimum atomic E-state index is -0.560. The first-order chi connectivity index (χ1) is 15.5. The molecule has 1 fully saturated rings. The van der Waals surface area contributed by atoms with Crippen LogP contribution in [0.3, 0.4) is 0 Å². The van der Waals surface area contributed by atoms with Crippen molar-refractivity contribution in [2.45, 2.75) is 39.3 Å². The van der Waals surface area contributed by atoms with Gasteiger partial charge in [-0.1, -0.05) is 12.1 Å². The molecule has 0 radical (unpaired) electrons. The second kappa shape index (κ2) is 11.6. The van der Waals surface area contributed by atoms with Crippen LogP contribution in [0.1, 0.15) is 32.3 Å². The average Bonchev–Trinajstić information content (AvgIpc) is 3.38. The largest absolute Gasteiger partial charge is 0.494 e. The van der Waals surface area contributed by atoms with Crippen LogP contribution in [0.25, 0.3) is 12.2 Å². The molecule has 1 amide bonds. The van der Waals surface area contributed by atoms with Crippen molar-refractivity contribution in [3.05, 3.63) is 49.4 Å². The molecule has 0 aliphatic carbocycles. The van der Waals surface area contributed by atoms with Crippen molar-refractivity contribution < 1.29 is 23.8 Å². The Balaban J connectivity index is 1.88. The van der Waals surface area contributed by atoms with Gasteiger partial charge >= 0.3 is 5.97 Å². The van der Waals surface area contributed by atoms with Crippen LogP contribution in [-0.2, 0) is 25.6 Å². The van der Waals surface area contributed by atoms with Crippen LogP contribution in [0.5, 0.6) is 5.75 Å². The van der Waals surface area contributed by atoms with E-state index in [1.165, 1.54) is 10.6 Å². The number of ether oxygens (including phenoxy) is 3. The summed E-state index contributed by atoms with van der Waals surface area (Å²) in [5, 5.41) is 2.81. The Morgan fingerprint density at radius 2 is 2.03 bits per heavy atom. The van der Waals surface area contributed by atoms with E-state index in [-0.39, 0.29) is 30.7 Å². The van der Waals surface area contributed by atoms with Crippen LogP contribution in [0.2, 0.25) is 0 Å². The zero-order valence-corrected chi connectivity index (χ0v) is 19.1. The summed E-state index contributed by atoms with van der Waals surface area (Å²) in [5.41, 5.74) is 0.469. The van der Waals surface area contributed by atoms with Crippen molar-refractivity contribution in [2.75, 3.05) is 26.4 Å². The summed E-state index contributed by atoms with van der Waals surface area (Å²) in [7, 11) is 0. The van der Waals surface area contributed by atoms with E-state index in [9.17, 15) is 14.4 Å². The zero-order valence-electron chi connectivity index (χ0n) is 18.3. The molecule has 0 bridgehead atoms. The van der Waals surface area contributed by atoms with Crippen molar-refractivity contribution in [2.24, 2.45) is 0 Å². The number of nitrogens with zero attached hydrogens (tertiary/aromatic N) is 1. The lowest BCUT2D eigenvalue weighted by Crippen LogP contribution is -2.40. The number of benzene rings is 1. The van der Waals surface area contributed by atoms with Crippen LogP contribution in [-0.4, -0.2) is 48.9 Å². The summed E-state index contributed by atoms with van der Waals surface area (Å²) in [6.45, 7) is 5.32. The van der Waals surface area contributed by atoms with E-state index >= 15 is 0 Å². The van der Waals surface area contributed by atoms with E-state index < -0.39 is 5.97 Å². The quantitative estimate of drug-likeness (QED) is 0.556. The van der Waals surface area contributed by atoms with Gasteiger partial charge in [0.05, 0.1) is 29.9 Å². The molecular weight excluding hydrogens is 432 g/mol. The van der Waals surface area contributed by atoms with Crippen LogP contribution in [0.15, 0.2) is 29.1 Å². The van der Waals surface area contributed by atoms with E-state index in [4.69, 9.17) is 14.2 Å². The topological polar surface area (TPSA) is 95.9 Å². The second-order valence-corrected chi connectivity index (χ2v) is 8.24. The highest BCUT2D eigenvalue weighted by molar-refractivity contribution is 7.07. The minimum absolute atomic E-state index is 0.00673. The summed E-state index contributed by atoms with van der Waals surface area (Å²) in [4.78, 5) is 37.5. The second-order valence-electron chi connectivity index (χ2n) is 7.18. The van der Waals surface area contributed by atoms with Gasteiger partial charge in [-0.15, -0.1) is 11.3 Å². The molecule has 1 aliphatic heterocycles. The highest BCUT2D eigenvalue weighted by Gasteiger charge is 2.17. The smallest absolute Gasteiger partial charge is 0.333 e. The molecule has 1 saturated heterocycles. The van der Waals surface area contributed by atoms with Gasteiger partial charge in [0.1, 0.15) is 17.0 Å². The monoisotopic (exact) mass is 460 g/mol. The third-order valence-corrected chi connectivity index (χ3v) is 5.87. The van der Waals surface area contributed by atoms with Gasteiger partial charge in [0, 0.05) is 13.2 Å². The van der Waals surface area contributed by atoms with Gasteiger partial charge in [-0.05, 0) is 50.5 Å². The molecule has 1 aromatic heterocycles. The summed E-state index contributed by atoms with van der Waals surface area (Å²) in [5.74, 6) is -0.131. The Morgan fingerprint density at radius 3 is 2.69 bits per heavy atom. The van der Waals surface area contributed by atoms with E-state index in [0.717, 1.165) is 35.5 Å². The predicted molar refractivity (Wildman–Crippen MR) is 122 cm³/mol. The van der Waals surface area contributed by atoms with E-state index in [1.807, 2.05) is 31.2 Å². The average molecular weight is 461 g/mol. The number of rotatable bonds is 9. The lowest BCUT2D eigenvalue weighted by molar-refractivity contribution is -0.135. The lowest BCUT2D eigenvalue weighted by atomic mass is 10.2. The summed E-state index contributed by atoms with van der Waals surface area (Å²) >= 11 is 1.14. The SMILES string of the molecule is CCOC(=O)/C=c1\s/c(=C\c2ccc(OCC)cc2)c(=O)n1CC(=O)NC[C@H]1CCCO1. The Kier molecular flexibility index (Phi) is 8.64. The standard InChI is InChI=1S/C23H28N2O6S/c1-3-29-17-9-7-16(8-10-17)12-19-23(28)25(21(32-19)13-22(27)30-4-2)15-20(26)24-14-18-6-5-11-31-18/h7-10,12-13,18H,3-6,11,14-15H2,1-2H3,(H,24,26)/b19-12-,21-13-/t18-/m1/s1. The van der Waals surface area contributed by atoms with Gasteiger partial charge < -0.3 is 19.5 Å². The molecule has 172 valence electrons. The Hall–Kier alpha value is -2.91. The number of carbonyl (C=O) groups is 2. The van der Waals surface area contributed by atoms with E-state index in [2.05, 4.69) is 5.32 Å². The first kappa shape index (κ1) is 23.7. The van der Waals surface area contributed by atoms with Gasteiger partial charge in [-0.2, -0.15) is 0 Å². The molecule has 0 unspecified atom stereocenters. The molecule has 1 aliphatic rings. The first-order valence-corrected chi connectivity index (χ1v) is 11.5. The number of carbonyl (C=O) groups excluding carboxylic acids is 2. The molecule has 1 atom stereocenters. The summed E-state index contributed by atoms with van der Waals surface area (Å²) < 4.78 is 18.0. The van der Waals surface area contributed by atoms with Gasteiger partial charge in [0.25, 0.3) is 5.56 Å². The third kappa shape index (κ3) is 6.54. The molecule has 9 heteroatoms. The fraction of sp³-hybridized carbons (Fsp3) is 0.435. The fourth-order valence-corrected chi connectivity index (χ4v) is 4.32. The van der Waals surface area contributed by atoms with Crippen LogP contribution in [0, 0.1) is 0 Å². The maximum absolute atomic E-state index is 13.0. The van der Waals surface area contributed by atoms with Crippen molar-refractivity contribution in [1.82, 2.24) is 9.88 Å². The Bertz CT molecular complexity index is 1100. The number of esters is 1. The van der Waals surface area contributed by atoms with Crippen LogP contribution >= 0.6 is 11.3 Å². The molecule has 0 spiro atoms. The summed E-state index contributed by atoms with van der Waals surface area (Å²) in [6.07, 6.45) is 4.87. The predicted octanol–water partition coefficient (Wildman–Crippen LogP) is 0.776. The normalized spacial score (nSPS) is 16.9. The number of nitrogens with one attached hydrogen (secondary N) is 1. The first-order valence-electron chi connectivity index (χ1n) is 10.7. The summed E-state index contributed by atoms with van der Waals surface area (Å²) in [6, 6.07) is 7.34. The molecule has 32 heavy (non-hydrogen) atoms. The number of amides is 1. The van der Waals surface area contributed by atoms with Crippen LogP contribution in [0.4, 0.5) is 0 Å². The molecular formula is C23H28N2O6S. The van der Waals surface area contributed by atoms with Gasteiger partial charge in [-0.25, -0.2) is 4.79 Å². The molecule has 1 N–H and O–H groups in total. The maximum Gasteiger partial charge on any atom is 0.333 e. The molecule has 2 aromatic rings. The molecule has 2 heterocycles. The highest BCUT2D eigenvalue weighted by Crippen LogP contribution is 2.12. The van der Waals surface area contributed by atoms with E-state index in [1.54, 1.807) is 13.0 Å². The van der Waals surface area contributed by atoms with Crippen molar-refractivity contribution >= 4 is 35.4 Å². The third-order valence-electron chi connectivity index (χ3n) is 4.81. The number of aromatic nitrogens is 1. The lowest BCUT2D eigenvalue weighted by Gasteiger charge is -2.10. The van der Waals surface area contributed by atoms with Gasteiger partial charge in [-0.3, -0.25) is 14.2 Å². The fourth-order valence-electron chi connectivity index (χ4n) is 3.29. The molecule has 1 aromatic carbocycles. The van der Waals surface area contributed by atoms with Crippen molar-refractivity contribution in [3.63, 3.8) is 0 Å². The van der Waals surface area contributed by atoms with Crippen molar-refractivity contribution in [1.29, 1.82) is 0 Å². The number of hydrogen-bond donors (Lipinski definition) is 1.